The van der Waals surface area contributed by atoms with Gasteiger partial charge in [-0.05, 0) is 49.4 Å². The van der Waals surface area contributed by atoms with Crippen molar-refractivity contribution in [1.82, 2.24) is 0 Å². The number of benzene rings is 1. The van der Waals surface area contributed by atoms with Crippen molar-refractivity contribution in [2.24, 2.45) is 23.7 Å². The summed E-state index contributed by atoms with van der Waals surface area (Å²) in [5.41, 5.74) is 0.943. The van der Waals surface area contributed by atoms with Gasteiger partial charge in [0.25, 0.3) is 0 Å². The van der Waals surface area contributed by atoms with Crippen molar-refractivity contribution in [3.05, 3.63) is 42.0 Å². The Kier molecular flexibility index (Phi) is 3.11. The molecule has 0 N–H and O–H groups in total. The zero-order chi connectivity index (χ0) is 16.1. The highest BCUT2D eigenvalue weighted by atomic mass is 16.5. The van der Waals surface area contributed by atoms with E-state index < -0.39 is 5.97 Å². The number of ether oxygens (including phenoxy) is 1. The lowest BCUT2D eigenvalue weighted by atomic mass is 9.85. The Morgan fingerprint density at radius 2 is 1.65 bits per heavy atom. The van der Waals surface area contributed by atoms with Crippen LogP contribution in [0.2, 0.25) is 0 Å². The van der Waals surface area contributed by atoms with Crippen LogP contribution in [-0.2, 0) is 14.3 Å². The number of rotatable bonds is 3. The summed E-state index contributed by atoms with van der Waals surface area (Å²) in [6.07, 6.45) is 5.07. The van der Waals surface area contributed by atoms with E-state index >= 15 is 0 Å². The van der Waals surface area contributed by atoms with Crippen LogP contribution in [0.1, 0.15) is 23.7 Å². The molecule has 2 aliphatic carbocycles. The molecule has 1 saturated heterocycles. The number of amides is 2. The zero-order valence-electron chi connectivity index (χ0n) is 12.8. The monoisotopic (exact) mass is 311 g/mol. The summed E-state index contributed by atoms with van der Waals surface area (Å²) in [6, 6.07) is 6.46. The third kappa shape index (κ3) is 1.96. The van der Waals surface area contributed by atoms with Crippen molar-refractivity contribution in [3.63, 3.8) is 0 Å². The molecule has 0 radical (unpaired) electrons. The Labute approximate surface area is 133 Å². The van der Waals surface area contributed by atoms with Gasteiger partial charge in [-0.2, -0.15) is 0 Å². The topological polar surface area (TPSA) is 63.7 Å². The molecule has 4 atom stereocenters. The molecule has 1 heterocycles. The van der Waals surface area contributed by atoms with Crippen molar-refractivity contribution in [2.45, 2.75) is 13.3 Å². The summed E-state index contributed by atoms with van der Waals surface area (Å²) >= 11 is 0. The van der Waals surface area contributed by atoms with Crippen LogP contribution in [-0.4, -0.2) is 24.4 Å². The molecule has 1 aromatic rings. The summed E-state index contributed by atoms with van der Waals surface area (Å²) in [6.45, 7) is 2.05. The van der Waals surface area contributed by atoms with Crippen LogP contribution in [0.3, 0.4) is 0 Å². The molecule has 1 aliphatic heterocycles. The van der Waals surface area contributed by atoms with E-state index in [9.17, 15) is 14.4 Å². The Morgan fingerprint density at radius 3 is 2.17 bits per heavy atom. The van der Waals surface area contributed by atoms with Gasteiger partial charge in [-0.25, -0.2) is 4.79 Å². The van der Waals surface area contributed by atoms with Gasteiger partial charge in [0.05, 0.1) is 29.7 Å². The molecule has 1 saturated carbocycles. The average molecular weight is 311 g/mol. The van der Waals surface area contributed by atoms with E-state index in [1.54, 1.807) is 31.2 Å². The van der Waals surface area contributed by atoms with E-state index in [-0.39, 0.29) is 35.5 Å². The Morgan fingerprint density at radius 1 is 1.09 bits per heavy atom. The van der Waals surface area contributed by atoms with Crippen molar-refractivity contribution >= 4 is 23.5 Å². The van der Waals surface area contributed by atoms with Crippen molar-refractivity contribution in [3.8, 4) is 0 Å². The normalized spacial score (nSPS) is 30.9. The van der Waals surface area contributed by atoms with Crippen LogP contribution in [0.25, 0.3) is 0 Å². The highest BCUT2D eigenvalue weighted by molar-refractivity contribution is 6.22. The average Bonchev–Trinajstić information content (AvgIpc) is 3.22. The lowest BCUT2D eigenvalue weighted by Gasteiger charge is -2.17. The lowest BCUT2D eigenvalue weighted by Crippen LogP contribution is -2.32. The van der Waals surface area contributed by atoms with Gasteiger partial charge in [0.1, 0.15) is 0 Å². The SMILES string of the molecule is CCOC(=O)c1ccc(N2C(=O)C3C4C=CC(C4)C3C2=O)cc1. The van der Waals surface area contributed by atoms with Gasteiger partial charge in [-0.3, -0.25) is 14.5 Å². The second kappa shape index (κ2) is 5.05. The largest absolute Gasteiger partial charge is 0.462 e. The zero-order valence-corrected chi connectivity index (χ0v) is 12.8. The number of hydrogen-bond donors (Lipinski definition) is 0. The quantitative estimate of drug-likeness (QED) is 0.487. The summed E-state index contributed by atoms with van der Waals surface area (Å²) in [5, 5.41) is 0. The third-order valence-corrected chi connectivity index (χ3v) is 5.11. The van der Waals surface area contributed by atoms with Gasteiger partial charge < -0.3 is 4.74 Å². The van der Waals surface area contributed by atoms with Crippen molar-refractivity contribution in [1.29, 1.82) is 0 Å². The molecule has 2 fully saturated rings. The van der Waals surface area contributed by atoms with Gasteiger partial charge in [0, 0.05) is 0 Å². The standard InChI is InChI=1S/C18H17NO4/c1-2-23-18(22)10-5-7-13(8-6-10)19-16(20)14-11-3-4-12(9-11)15(14)17(19)21/h3-8,11-12,14-15H,2,9H2,1H3. The number of allylic oxidation sites excluding steroid dienone is 2. The number of fused-ring (bicyclic) bond motifs is 5. The second-order valence-electron chi connectivity index (χ2n) is 6.28. The van der Waals surface area contributed by atoms with Crippen molar-refractivity contribution in [2.75, 3.05) is 11.5 Å². The van der Waals surface area contributed by atoms with Gasteiger partial charge in [-0.15, -0.1) is 0 Å². The van der Waals surface area contributed by atoms with Gasteiger partial charge in [0.2, 0.25) is 11.8 Å². The summed E-state index contributed by atoms with van der Waals surface area (Å²) in [5.74, 6) is -0.640. The molecule has 4 rings (SSSR count). The minimum atomic E-state index is -0.405. The predicted octanol–water partition coefficient (Wildman–Crippen LogP) is 2.17. The van der Waals surface area contributed by atoms with Gasteiger partial charge in [0.15, 0.2) is 0 Å². The maximum atomic E-state index is 12.7. The first-order chi connectivity index (χ1) is 11.1. The lowest BCUT2D eigenvalue weighted by molar-refractivity contribution is -0.123. The predicted molar refractivity (Wildman–Crippen MR) is 82.6 cm³/mol. The third-order valence-electron chi connectivity index (χ3n) is 5.11. The van der Waals surface area contributed by atoms with Crippen LogP contribution in [0.5, 0.6) is 0 Å². The molecule has 5 heteroatoms. The molecule has 2 amide bonds. The first-order valence-electron chi connectivity index (χ1n) is 7.95. The highest BCUT2D eigenvalue weighted by Gasteiger charge is 2.59. The molecule has 23 heavy (non-hydrogen) atoms. The first-order valence-corrected chi connectivity index (χ1v) is 7.95. The minimum absolute atomic E-state index is 0.110. The Hall–Kier alpha value is -2.43. The maximum Gasteiger partial charge on any atom is 0.338 e. The molecular formula is C18H17NO4. The smallest absolute Gasteiger partial charge is 0.338 e. The first kappa shape index (κ1) is 14.2. The van der Waals surface area contributed by atoms with E-state index in [2.05, 4.69) is 12.2 Å². The number of anilines is 1. The van der Waals surface area contributed by atoms with E-state index in [1.165, 1.54) is 4.90 Å². The molecule has 1 aromatic carbocycles. The highest BCUT2D eigenvalue weighted by Crippen LogP contribution is 2.53. The molecule has 0 spiro atoms. The van der Waals surface area contributed by atoms with E-state index in [0.29, 0.717) is 17.9 Å². The number of carbonyl (C=O) groups excluding carboxylic acids is 3. The van der Waals surface area contributed by atoms with Crippen LogP contribution in [0, 0.1) is 23.7 Å². The number of carbonyl (C=O) groups is 3. The molecular weight excluding hydrogens is 294 g/mol. The van der Waals surface area contributed by atoms with Crippen LogP contribution in [0.15, 0.2) is 36.4 Å². The summed E-state index contributed by atoms with van der Waals surface area (Å²) in [7, 11) is 0. The maximum absolute atomic E-state index is 12.7. The second-order valence-corrected chi connectivity index (χ2v) is 6.28. The Bertz CT molecular complexity index is 691. The fourth-order valence-electron chi connectivity index (χ4n) is 4.12. The van der Waals surface area contributed by atoms with Crippen LogP contribution in [0.4, 0.5) is 5.69 Å². The molecule has 5 nitrogen and oxygen atoms in total. The fraction of sp³-hybridized carbons (Fsp3) is 0.389. The number of nitrogens with zero attached hydrogens (tertiary/aromatic N) is 1. The number of esters is 1. The summed E-state index contributed by atoms with van der Waals surface area (Å²) < 4.78 is 4.94. The van der Waals surface area contributed by atoms with Gasteiger partial charge >= 0.3 is 5.97 Å². The molecule has 4 unspecified atom stereocenters. The Balaban J connectivity index is 1.61. The van der Waals surface area contributed by atoms with Crippen LogP contribution >= 0.6 is 0 Å². The summed E-state index contributed by atoms with van der Waals surface area (Å²) in [4.78, 5) is 38.3. The number of imide groups is 1. The van der Waals surface area contributed by atoms with E-state index in [4.69, 9.17) is 4.74 Å². The number of hydrogen-bond acceptors (Lipinski definition) is 4. The molecule has 0 aromatic heterocycles. The molecule has 118 valence electrons. The van der Waals surface area contributed by atoms with Crippen molar-refractivity contribution < 1.29 is 19.1 Å². The van der Waals surface area contributed by atoms with Crippen LogP contribution < -0.4 is 4.90 Å². The van der Waals surface area contributed by atoms with Gasteiger partial charge in [-0.1, -0.05) is 12.2 Å². The van der Waals surface area contributed by atoms with E-state index in [0.717, 1.165) is 6.42 Å². The minimum Gasteiger partial charge on any atom is -0.462 e. The fourth-order valence-corrected chi connectivity index (χ4v) is 4.12. The van der Waals surface area contributed by atoms with E-state index in [1.807, 2.05) is 0 Å². The molecule has 3 aliphatic rings. The molecule has 2 bridgehead atoms.